The molecule has 0 radical (unpaired) electrons. The quantitative estimate of drug-likeness (QED) is 0.586. The third kappa shape index (κ3) is 2.70. The Morgan fingerprint density at radius 2 is 2.14 bits per heavy atom. The van der Waals surface area contributed by atoms with Crippen LogP contribution in [0.2, 0.25) is 0 Å². The first-order chi connectivity index (χ1) is 6.50. The molecular weight excluding hydrogens is 196 g/mol. The van der Waals surface area contributed by atoms with Gasteiger partial charge in [-0.1, -0.05) is 13.8 Å². The van der Waals surface area contributed by atoms with Gasteiger partial charge in [-0.3, -0.25) is 0 Å². The van der Waals surface area contributed by atoms with Crippen molar-refractivity contribution in [1.29, 1.82) is 0 Å². The molecule has 0 saturated heterocycles. The molecule has 78 valence electrons. The monoisotopic (exact) mass is 212 g/mol. The summed E-state index contributed by atoms with van der Waals surface area (Å²) in [6, 6.07) is 0. The van der Waals surface area contributed by atoms with Crippen LogP contribution in [0.5, 0.6) is 0 Å². The lowest BCUT2D eigenvalue weighted by molar-refractivity contribution is 0.814. The molecule has 4 N–H and O–H groups in total. The van der Waals surface area contributed by atoms with E-state index in [4.69, 9.17) is 11.5 Å². The number of nitrogens with two attached hydrogens (primary N) is 2. The fourth-order valence-corrected chi connectivity index (χ4v) is 2.24. The molecule has 0 saturated carbocycles. The third-order valence-electron chi connectivity index (χ3n) is 1.82. The summed E-state index contributed by atoms with van der Waals surface area (Å²) in [6.45, 7) is 6.82. The highest BCUT2D eigenvalue weighted by Gasteiger charge is 2.09. The standard InChI is InChI=1S/C9H16N4S/c1-5(2)8-6(3)14-7(13-8)4-12-9(10)11/h5H,4H2,1-3H3,(H4,10,11,12). The molecule has 1 aromatic heterocycles. The molecule has 0 bridgehead atoms. The van der Waals surface area contributed by atoms with E-state index in [1.54, 1.807) is 11.3 Å². The summed E-state index contributed by atoms with van der Waals surface area (Å²) < 4.78 is 0. The smallest absolute Gasteiger partial charge is 0.186 e. The Kier molecular flexibility index (Phi) is 3.46. The van der Waals surface area contributed by atoms with Crippen LogP contribution in [0.25, 0.3) is 0 Å². The molecule has 0 amide bonds. The molecule has 5 heteroatoms. The van der Waals surface area contributed by atoms with E-state index in [9.17, 15) is 0 Å². The minimum Gasteiger partial charge on any atom is -0.370 e. The molecule has 4 nitrogen and oxygen atoms in total. The Morgan fingerprint density at radius 3 is 2.57 bits per heavy atom. The van der Waals surface area contributed by atoms with Crippen LogP contribution in [0.15, 0.2) is 4.99 Å². The Labute approximate surface area is 88.1 Å². The van der Waals surface area contributed by atoms with E-state index in [0.29, 0.717) is 12.5 Å². The van der Waals surface area contributed by atoms with Gasteiger partial charge in [0.15, 0.2) is 5.96 Å². The number of thiazole rings is 1. The molecule has 0 fully saturated rings. The Bertz CT molecular complexity index is 337. The molecule has 0 aliphatic rings. The Morgan fingerprint density at radius 1 is 1.50 bits per heavy atom. The van der Waals surface area contributed by atoms with Crippen molar-refractivity contribution in [3.8, 4) is 0 Å². The maximum Gasteiger partial charge on any atom is 0.186 e. The largest absolute Gasteiger partial charge is 0.370 e. The van der Waals surface area contributed by atoms with Gasteiger partial charge in [0.05, 0.1) is 12.2 Å². The van der Waals surface area contributed by atoms with Crippen molar-refractivity contribution < 1.29 is 0 Å². The first kappa shape index (κ1) is 11.0. The van der Waals surface area contributed by atoms with E-state index in [0.717, 1.165) is 10.7 Å². The molecular formula is C9H16N4S. The normalized spacial score (nSPS) is 10.6. The van der Waals surface area contributed by atoms with Gasteiger partial charge in [-0.25, -0.2) is 9.98 Å². The summed E-state index contributed by atoms with van der Waals surface area (Å²) in [6.07, 6.45) is 0. The van der Waals surface area contributed by atoms with Gasteiger partial charge in [0.2, 0.25) is 0 Å². The average Bonchev–Trinajstić information content (AvgIpc) is 2.43. The molecule has 1 aromatic rings. The zero-order valence-corrected chi connectivity index (χ0v) is 9.56. The highest BCUT2D eigenvalue weighted by molar-refractivity contribution is 7.11. The van der Waals surface area contributed by atoms with Crippen LogP contribution < -0.4 is 11.5 Å². The highest BCUT2D eigenvalue weighted by atomic mass is 32.1. The lowest BCUT2D eigenvalue weighted by Gasteiger charge is -1.99. The predicted octanol–water partition coefficient (Wildman–Crippen LogP) is 1.35. The van der Waals surface area contributed by atoms with Gasteiger partial charge in [-0.15, -0.1) is 11.3 Å². The number of aryl methyl sites for hydroxylation is 1. The fraction of sp³-hybridized carbons (Fsp3) is 0.556. The van der Waals surface area contributed by atoms with Crippen LogP contribution >= 0.6 is 11.3 Å². The first-order valence-electron chi connectivity index (χ1n) is 4.52. The van der Waals surface area contributed by atoms with Crippen LogP contribution in [0.4, 0.5) is 0 Å². The van der Waals surface area contributed by atoms with Crippen molar-refractivity contribution in [3.63, 3.8) is 0 Å². The summed E-state index contributed by atoms with van der Waals surface area (Å²) in [5, 5.41) is 0.972. The molecule has 0 aromatic carbocycles. The molecule has 0 aliphatic carbocycles. The van der Waals surface area contributed by atoms with Crippen molar-refractivity contribution in [2.45, 2.75) is 33.2 Å². The van der Waals surface area contributed by atoms with E-state index in [-0.39, 0.29) is 5.96 Å². The molecule has 0 spiro atoms. The number of guanidine groups is 1. The molecule has 1 rings (SSSR count). The summed E-state index contributed by atoms with van der Waals surface area (Å²) in [7, 11) is 0. The zero-order valence-electron chi connectivity index (χ0n) is 8.74. The topological polar surface area (TPSA) is 77.3 Å². The lowest BCUT2D eigenvalue weighted by Crippen LogP contribution is -2.22. The second-order valence-electron chi connectivity index (χ2n) is 3.44. The fourth-order valence-electron chi connectivity index (χ4n) is 1.23. The van der Waals surface area contributed by atoms with Gasteiger partial charge in [-0.05, 0) is 12.8 Å². The lowest BCUT2D eigenvalue weighted by atomic mass is 10.1. The van der Waals surface area contributed by atoms with Crippen LogP contribution in [-0.4, -0.2) is 10.9 Å². The van der Waals surface area contributed by atoms with Gasteiger partial charge in [0.25, 0.3) is 0 Å². The maximum atomic E-state index is 5.25. The highest BCUT2D eigenvalue weighted by Crippen LogP contribution is 2.24. The van der Waals surface area contributed by atoms with Crippen LogP contribution in [0.3, 0.4) is 0 Å². The minimum atomic E-state index is 0.115. The van der Waals surface area contributed by atoms with Crippen LogP contribution in [0.1, 0.15) is 35.3 Å². The van der Waals surface area contributed by atoms with E-state index in [1.807, 2.05) is 0 Å². The van der Waals surface area contributed by atoms with Crippen LogP contribution in [0, 0.1) is 6.92 Å². The van der Waals surface area contributed by atoms with E-state index in [2.05, 4.69) is 30.7 Å². The Balaban J connectivity index is 2.81. The van der Waals surface area contributed by atoms with E-state index < -0.39 is 0 Å². The second kappa shape index (κ2) is 4.41. The number of rotatable bonds is 3. The number of aliphatic imine (C=N–C) groups is 1. The van der Waals surface area contributed by atoms with Gasteiger partial charge >= 0.3 is 0 Å². The van der Waals surface area contributed by atoms with E-state index >= 15 is 0 Å². The Hall–Kier alpha value is -1.10. The van der Waals surface area contributed by atoms with Crippen molar-refractivity contribution in [2.75, 3.05) is 0 Å². The first-order valence-corrected chi connectivity index (χ1v) is 5.34. The summed E-state index contributed by atoms with van der Waals surface area (Å²) in [4.78, 5) is 9.66. The number of nitrogens with zero attached hydrogens (tertiary/aromatic N) is 2. The van der Waals surface area contributed by atoms with Gasteiger partial charge < -0.3 is 11.5 Å². The second-order valence-corrected chi connectivity index (χ2v) is 4.73. The van der Waals surface area contributed by atoms with Gasteiger partial charge in [-0.2, -0.15) is 0 Å². The number of hydrogen-bond acceptors (Lipinski definition) is 3. The summed E-state index contributed by atoms with van der Waals surface area (Å²) in [5.74, 6) is 0.572. The maximum absolute atomic E-state index is 5.25. The summed E-state index contributed by atoms with van der Waals surface area (Å²) in [5.41, 5.74) is 11.6. The number of aromatic nitrogens is 1. The zero-order chi connectivity index (χ0) is 10.7. The summed E-state index contributed by atoms with van der Waals surface area (Å²) >= 11 is 1.66. The SMILES string of the molecule is Cc1sc(CN=C(N)N)nc1C(C)C. The molecule has 14 heavy (non-hydrogen) atoms. The van der Waals surface area contributed by atoms with E-state index in [1.165, 1.54) is 4.88 Å². The molecule has 1 heterocycles. The third-order valence-corrected chi connectivity index (χ3v) is 2.79. The van der Waals surface area contributed by atoms with Crippen molar-refractivity contribution >= 4 is 17.3 Å². The van der Waals surface area contributed by atoms with Crippen molar-refractivity contribution in [3.05, 3.63) is 15.6 Å². The van der Waals surface area contributed by atoms with Crippen LogP contribution in [-0.2, 0) is 6.54 Å². The predicted molar refractivity (Wildman–Crippen MR) is 60.5 cm³/mol. The average molecular weight is 212 g/mol. The molecule has 0 aliphatic heterocycles. The van der Waals surface area contributed by atoms with Gasteiger partial charge in [0, 0.05) is 4.88 Å². The minimum absolute atomic E-state index is 0.115. The molecule has 0 atom stereocenters. The van der Waals surface area contributed by atoms with Crippen molar-refractivity contribution in [2.24, 2.45) is 16.5 Å². The van der Waals surface area contributed by atoms with Gasteiger partial charge in [0.1, 0.15) is 5.01 Å². The number of hydrogen-bond donors (Lipinski definition) is 2. The van der Waals surface area contributed by atoms with Crippen molar-refractivity contribution in [1.82, 2.24) is 4.98 Å². The molecule has 0 unspecified atom stereocenters.